The minimum atomic E-state index is -0.587. The lowest BCUT2D eigenvalue weighted by atomic mass is 10.2. The molecule has 4 heteroatoms. The third kappa shape index (κ3) is 13.6. The number of hydrogen-bond acceptors (Lipinski definition) is 3. The van der Waals surface area contributed by atoms with E-state index in [-0.39, 0.29) is 0 Å². The van der Waals surface area contributed by atoms with Crippen molar-refractivity contribution in [1.82, 2.24) is 0 Å². The first-order valence-electron chi connectivity index (χ1n) is 8.80. The van der Waals surface area contributed by atoms with Gasteiger partial charge in [-0.3, -0.25) is 4.79 Å². The van der Waals surface area contributed by atoms with Gasteiger partial charge >= 0.3 is 0 Å². The molecule has 0 heterocycles. The first kappa shape index (κ1) is 21.2. The quantitative estimate of drug-likeness (QED) is 0.296. The van der Waals surface area contributed by atoms with Crippen molar-refractivity contribution < 1.29 is 9.22 Å². The van der Waals surface area contributed by atoms with Crippen LogP contribution in [0.1, 0.15) is 79.1 Å². The van der Waals surface area contributed by atoms with Gasteiger partial charge in [-0.05, 0) is 38.3 Å². The summed E-state index contributed by atoms with van der Waals surface area (Å²) in [4.78, 5) is 11.6. The zero-order valence-electron chi connectivity index (χ0n) is 14.6. The van der Waals surface area contributed by atoms with Crippen LogP contribution in [0.3, 0.4) is 0 Å². The Bertz CT molecular complexity index is 243. The second-order valence-electron chi connectivity index (χ2n) is 5.79. The Hall–Kier alpha value is 0.197. The van der Waals surface area contributed by atoms with Crippen molar-refractivity contribution in [2.45, 2.75) is 97.3 Å². The summed E-state index contributed by atoms with van der Waals surface area (Å²) < 4.78 is 6.23. The monoisotopic (exact) mass is 331 g/mol. The minimum Gasteiger partial charge on any atom is -0.414 e. The maximum atomic E-state index is 11.6. The van der Waals surface area contributed by atoms with Gasteiger partial charge in [-0.25, -0.2) is 0 Å². The van der Waals surface area contributed by atoms with E-state index in [1.807, 2.05) is 0 Å². The SMILES string of the molecule is CCCCCC(=O)SCCCC(C)O[Si](CCC)CCC. The summed E-state index contributed by atoms with van der Waals surface area (Å²) >= 11 is 1.52. The molecule has 0 N–H and O–H groups in total. The van der Waals surface area contributed by atoms with Crippen LogP contribution in [0.4, 0.5) is 0 Å². The standard InChI is InChI=1S/C17H35O2SSi/c1-5-8-9-12-17(18)20-13-10-11-16(4)19-21(14-6-2)15-7-3/h16H,5-15H2,1-4H3. The molecular formula is C17H35O2SSi. The Labute approximate surface area is 138 Å². The van der Waals surface area contributed by atoms with Gasteiger partial charge in [-0.1, -0.05) is 58.2 Å². The highest BCUT2D eigenvalue weighted by molar-refractivity contribution is 8.13. The van der Waals surface area contributed by atoms with E-state index >= 15 is 0 Å². The van der Waals surface area contributed by atoms with E-state index in [2.05, 4.69) is 27.7 Å². The number of rotatable bonds is 14. The summed E-state index contributed by atoms with van der Waals surface area (Å²) in [5.41, 5.74) is 0. The maximum absolute atomic E-state index is 11.6. The average molecular weight is 332 g/mol. The fourth-order valence-corrected chi connectivity index (χ4v) is 5.41. The van der Waals surface area contributed by atoms with Gasteiger partial charge in [0, 0.05) is 18.3 Å². The van der Waals surface area contributed by atoms with Crippen LogP contribution in [0.2, 0.25) is 12.1 Å². The van der Waals surface area contributed by atoms with Crippen LogP contribution < -0.4 is 0 Å². The van der Waals surface area contributed by atoms with Crippen LogP contribution >= 0.6 is 11.8 Å². The fourth-order valence-electron chi connectivity index (χ4n) is 2.29. The van der Waals surface area contributed by atoms with Crippen LogP contribution in [0.25, 0.3) is 0 Å². The highest BCUT2D eigenvalue weighted by Crippen LogP contribution is 2.16. The lowest BCUT2D eigenvalue weighted by molar-refractivity contribution is -0.111. The third-order valence-corrected chi connectivity index (χ3v) is 7.30. The Balaban J connectivity index is 3.63. The van der Waals surface area contributed by atoms with E-state index < -0.39 is 9.04 Å². The van der Waals surface area contributed by atoms with Crippen molar-refractivity contribution in [2.75, 3.05) is 5.75 Å². The Kier molecular flexibility index (Phi) is 15.2. The van der Waals surface area contributed by atoms with Crippen molar-refractivity contribution in [3.63, 3.8) is 0 Å². The van der Waals surface area contributed by atoms with Crippen molar-refractivity contribution >= 4 is 25.9 Å². The summed E-state index contributed by atoms with van der Waals surface area (Å²) in [7, 11) is -0.587. The zero-order valence-corrected chi connectivity index (χ0v) is 16.4. The van der Waals surface area contributed by atoms with Gasteiger partial charge in [-0.15, -0.1) is 0 Å². The predicted molar refractivity (Wildman–Crippen MR) is 97.3 cm³/mol. The topological polar surface area (TPSA) is 26.3 Å². The van der Waals surface area contributed by atoms with E-state index in [4.69, 9.17) is 4.43 Å². The average Bonchev–Trinajstić information content (AvgIpc) is 2.44. The molecule has 0 aromatic rings. The fraction of sp³-hybridized carbons (Fsp3) is 0.941. The van der Waals surface area contributed by atoms with Gasteiger partial charge in [-0.2, -0.15) is 0 Å². The normalized spacial score (nSPS) is 12.8. The Morgan fingerprint density at radius 3 is 2.29 bits per heavy atom. The number of unbranched alkanes of at least 4 members (excludes halogenated alkanes) is 2. The highest BCUT2D eigenvalue weighted by Gasteiger charge is 2.14. The van der Waals surface area contributed by atoms with Gasteiger partial charge in [0.2, 0.25) is 9.04 Å². The molecule has 0 rings (SSSR count). The highest BCUT2D eigenvalue weighted by atomic mass is 32.2. The van der Waals surface area contributed by atoms with Gasteiger partial charge in [0.1, 0.15) is 0 Å². The summed E-state index contributed by atoms with van der Waals surface area (Å²) in [6.45, 7) is 8.86. The molecule has 1 atom stereocenters. The van der Waals surface area contributed by atoms with E-state index in [0.717, 1.165) is 31.4 Å². The summed E-state index contributed by atoms with van der Waals surface area (Å²) in [6, 6.07) is 2.54. The molecule has 0 aliphatic rings. The molecule has 1 radical (unpaired) electrons. The van der Waals surface area contributed by atoms with Gasteiger partial charge in [0.25, 0.3) is 0 Å². The van der Waals surface area contributed by atoms with Gasteiger partial charge < -0.3 is 4.43 Å². The molecule has 0 aromatic carbocycles. The Morgan fingerprint density at radius 2 is 1.71 bits per heavy atom. The molecule has 1 unspecified atom stereocenters. The van der Waals surface area contributed by atoms with Crippen LogP contribution in [-0.4, -0.2) is 26.0 Å². The van der Waals surface area contributed by atoms with E-state index in [9.17, 15) is 4.79 Å². The molecule has 0 saturated heterocycles. The number of thioether (sulfide) groups is 1. The molecule has 0 aliphatic carbocycles. The Morgan fingerprint density at radius 1 is 1.05 bits per heavy atom. The molecule has 0 fully saturated rings. The van der Waals surface area contributed by atoms with Gasteiger partial charge in [0.05, 0.1) is 0 Å². The number of carbonyl (C=O) groups excluding carboxylic acids is 1. The molecule has 0 saturated carbocycles. The summed E-state index contributed by atoms with van der Waals surface area (Å²) in [5.74, 6) is 0.961. The maximum Gasteiger partial charge on any atom is 0.211 e. The third-order valence-electron chi connectivity index (χ3n) is 3.43. The van der Waals surface area contributed by atoms with Crippen molar-refractivity contribution in [1.29, 1.82) is 0 Å². The van der Waals surface area contributed by atoms with Crippen molar-refractivity contribution in [3.8, 4) is 0 Å². The molecule has 0 spiro atoms. The largest absolute Gasteiger partial charge is 0.414 e. The lowest BCUT2D eigenvalue weighted by Gasteiger charge is -2.20. The number of carbonyl (C=O) groups is 1. The van der Waals surface area contributed by atoms with Crippen LogP contribution in [-0.2, 0) is 9.22 Å². The van der Waals surface area contributed by atoms with Crippen LogP contribution in [0, 0.1) is 0 Å². The van der Waals surface area contributed by atoms with E-state index in [1.165, 1.54) is 49.5 Å². The van der Waals surface area contributed by atoms with E-state index in [0.29, 0.717) is 11.2 Å². The molecular weight excluding hydrogens is 296 g/mol. The molecule has 2 nitrogen and oxygen atoms in total. The molecule has 0 aliphatic heterocycles. The van der Waals surface area contributed by atoms with E-state index in [1.54, 1.807) is 0 Å². The van der Waals surface area contributed by atoms with Crippen LogP contribution in [0.15, 0.2) is 0 Å². The molecule has 21 heavy (non-hydrogen) atoms. The molecule has 125 valence electrons. The van der Waals surface area contributed by atoms with Crippen molar-refractivity contribution in [2.24, 2.45) is 0 Å². The molecule has 0 amide bonds. The molecule has 0 bridgehead atoms. The van der Waals surface area contributed by atoms with Gasteiger partial charge in [0.15, 0.2) is 5.12 Å². The lowest BCUT2D eigenvalue weighted by Crippen LogP contribution is -2.23. The summed E-state index contributed by atoms with van der Waals surface area (Å²) in [6.07, 6.45) is 9.21. The van der Waals surface area contributed by atoms with Crippen molar-refractivity contribution in [3.05, 3.63) is 0 Å². The summed E-state index contributed by atoms with van der Waals surface area (Å²) in [5, 5.41) is 0.374. The first-order chi connectivity index (χ1) is 10.1. The minimum absolute atomic E-state index is 0.368. The second-order valence-corrected chi connectivity index (χ2v) is 9.25. The first-order valence-corrected chi connectivity index (χ1v) is 11.6. The zero-order chi connectivity index (χ0) is 15.9. The second kappa shape index (κ2) is 15.1. The van der Waals surface area contributed by atoms with Crippen LogP contribution in [0.5, 0.6) is 0 Å². The number of hydrogen-bond donors (Lipinski definition) is 0. The molecule has 0 aromatic heterocycles. The smallest absolute Gasteiger partial charge is 0.211 e. The predicted octanol–water partition coefficient (Wildman–Crippen LogP) is 5.82.